The molecule has 0 bridgehead atoms. The van der Waals surface area contributed by atoms with Crippen LogP contribution in [-0.4, -0.2) is 29.8 Å². The molecule has 2 saturated carbocycles. The van der Waals surface area contributed by atoms with Crippen LogP contribution in [0.3, 0.4) is 0 Å². The summed E-state index contributed by atoms with van der Waals surface area (Å²) < 4.78 is 0. The molecule has 110 valence electrons. The summed E-state index contributed by atoms with van der Waals surface area (Å²) in [6.07, 6.45) is 8.56. The second-order valence-corrected chi connectivity index (χ2v) is 6.97. The van der Waals surface area contributed by atoms with E-state index in [2.05, 4.69) is 25.7 Å². The summed E-state index contributed by atoms with van der Waals surface area (Å²) in [7, 11) is 0. The van der Waals surface area contributed by atoms with Crippen molar-refractivity contribution in [3.05, 3.63) is 0 Å². The molecule has 0 saturated heterocycles. The highest BCUT2D eigenvalue weighted by Crippen LogP contribution is 2.33. The van der Waals surface area contributed by atoms with Crippen LogP contribution in [0, 0.1) is 17.8 Å². The highest BCUT2D eigenvalue weighted by Gasteiger charge is 2.33. The van der Waals surface area contributed by atoms with E-state index in [9.17, 15) is 4.79 Å². The van der Waals surface area contributed by atoms with E-state index >= 15 is 0 Å². The zero-order chi connectivity index (χ0) is 13.8. The molecule has 0 aliphatic heterocycles. The van der Waals surface area contributed by atoms with Gasteiger partial charge in [-0.05, 0) is 44.1 Å². The van der Waals surface area contributed by atoms with E-state index in [-0.39, 0.29) is 0 Å². The Labute approximate surface area is 118 Å². The Balaban J connectivity index is 1.92. The minimum Gasteiger partial charge on any atom is -0.300 e. The van der Waals surface area contributed by atoms with Gasteiger partial charge >= 0.3 is 0 Å². The minimum absolute atomic E-state index is 0.321. The van der Waals surface area contributed by atoms with Crippen LogP contribution in [0.1, 0.15) is 65.7 Å². The van der Waals surface area contributed by atoms with Gasteiger partial charge in [0.15, 0.2) is 0 Å². The van der Waals surface area contributed by atoms with Crippen LogP contribution in [-0.2, 0) is 4.79 Å². The molecule has 0 amide bonds. The molecule has 0 aromatic heterocycles. The minimum atomic E-state index is 0.321. The Morgan fingerprint density at radius 1 is 1.21 bits per heavy atom. The molecular formula is C17H31NO. The fraction of sp³-hybridized carbons (Fsp3) is 0.941. The Hall–Kier alpha value is -0.370. The molecule has 0 aromatic carbocycles. The van der Waals surface area contributed by atoms with Gasteiger partial charge in [-0.25, -0.2) is 0 Å². The highest BCUT2D eigenvalue weighted by atomic mass is 16.1. The van der Waals surface area contributed by atoms with E-state index < -0.39 is 0 Å². The van der Waals surface area contributed by atoms with E-state index in [4.69, 9.17) is 0 Å². The molecule has 19 heavy (non-hydrogen) atoms. The summed E-state index contributed by atoms with van der Waals surface area (Å²) in [4.78, 5) is 14.8. The molecule has 2 rings (SSSR count). The van der Waals surface area contributed by atoms with E-state index in [0.29, 0.717) is 11.7 Å². The van der Waals surface area contributed by atoms with Crippen molar-refractivity contribution in [3.63, 3.8) is 0 Å². The summed E-state index contributed by atoms with van der Waals surface area (Å²) >= 11 is 0. The molecule has 2 unspecified atom stereocenters. The Morgan fingerprint density at radius 3 is 2.47 bits per heavy atom. The zero-order valence-electron chi connectivity index (χ0n) is 13.0. The summed E-state index contributed by atoms with van der Waals surface area (Å²) in [6, 6.07) is 0.761. The maximum Gasteiger partial charge on any atom is 0.137 e. The SMILES string of the molecule is CCN(CC1CC(C(C)C)CCC1=O)C1CCCC1. The predicted molar refractivity (Wildman–Crippen MR) is 80.2 cm³/mol. The number of ketones is 1. The smallest absolute Gasteiger partial charge is 0.137 e. The Bertz CT molecular complexity index is 294. The molecule has 2 aliphatic rings. The first kappa shape index (κ1) is 15.0. The van der Waals surface area contributed by atoms with Crippen LogP contribution in [0.4, 0.5) is 0 Å². The molecule has 2 heteroatoms. The predicted octanol–water partition coefficient (Wildman–Crippen LogP) is 3.89. The summed E-state index contributed by atoms with van der Waals surface area (Å²) in [5.74, 6) is 2.36. The van der Waals surface area contributed by atoms with Crippen molar-refractivity contribution in [3.8, 4) is 0 Å². The van der Waals surface area contributed by atoms with Crippen LogP contribution in [0.15, 0.2) is 0 Å². The number of nitrogens with zero attached hydrogens (tertiary/aromatic N) is 1. The van der Waals surface area contributed by atoms with Gasteiger partial charge in [-0.15, -0.1) is 0 Å². The van der Waals surface area contributed by atoms with Crippen LogP contribution >= 0.6 is 0 Å². The largest absolute Gasteiger partial charge is 0.300 e. The number of carbonyl (C=O) groups is 1. The van der Waals surface area contributed by atoms with Gasteiger partial charge in [-0.2, -0.15) is 0 Å². The summed E-state index contributed by atoms with van der Waals surface area (Å²) in [5.41, 5.74) is 0. The van der Waals surface area contributed by atoms with Gasteiger partial charge < -0.3 is 0 Å². The summed E-state index contributed by atoms with van der Waals surface area (Å²) in [6.45, 7) is 9.02. The van der Waals surface area contributed by atoms with Crippen molar-refractivity contribution in [2.45, 2.75) is 71.8 Å². The number of Topliss-reactive ketones (excluding diaryl/α,β-unsaturated/α-hetero) is 1. The molecule has 2 atom stereocenters. The number of hydrogen-bond donors (Lipinski definition) is 0. The van der Waals surface area contributed by atoms with E-state index in [1.165, 1.54) is 25.7 Å². The lowest BCUT2D eigenvalue weighted by Gasteiger charge is -2.36. The number of rotatable bonds is 5. The third-order valence-corrected chi connectivity index (χ3v) is 5.45. The Morgan fingerprint density at radius 2 is 1.89 bits per heavy atom. The molecular weight excluding hydrogens is 234 g/mol. The zero-order valence-corrected chi connectivity index (χ0v) is 13.0. The van der Waals surface area contributed by atoms with Crippen LogP contribution < -0.4 is 0 Å². The van der Waals surface area contributed by atoms with Crippen LogP contribution in [0.5, 0.6) is 0 Å². The van der Waals surface area contributed by atoms with Gasteiger partial charge in [0.2, 0.25) is 0 Å². The molecule has 0 radical (unpaired) electrons. The van der Waals surface area contributed by atoms with E-state index in [1.807, 2.05) is 0 Å². The third kappa shape index (κ3) is 3.81. The molecule has 0 N–H and O–H groups in total. The van der Waals surface area contributed by atoms with Crippen molar-refractivity contribution < 1.29 is 4.79 Å². The van der Waals surface area contributed by atoms with E-state index in [0.717, 1.165) is 50.2 Å². The van der Waals surface area contributed by atoms with Crippen molar-refractivity contribution in [2.24, 2.45) is 17.8 Å². The highest BCUT2D eigenvalue weighted by molar-refractivity contribution is 5.82. The first-order valence-corrected chi connectivity index (χ1v) is 8.38. The third-order valence-electron chi connectivity index (χ3n) is 5.45. The monoisotopic (exact) mass is 265 g/mol. The Kier molecular flexibility index (Phi) is 5.44. The van der Waals surface area contributed by atoms with Gasteiger partial charge in [0, 0.05) is 24.9 Å². The fourth-order valence-corrected chi connectivity index (χ4v) is 4.02. The topological polar surface area (TPSA) is 20.3 Å². The molecule has 2 nitrogen and oxygen atoms in total. The lowest BCUT2D eigenvalue weighted by atomic mass is 9.75. The van der Waals surface area contributed by atoms with Gasteiger partial charge in [0.1, 0.15) is 5.78 Å². The van der Waals surface area contributed by atoms with Gasteiger partial charge in [0.25, 0.3) is 0 Å². The van der Waals surface area contributed by atoms with Gasteiger partial charge in [-0.3, -0.25) is 9.69 Å². The standard InChI is InChI=1S/C17H31NO/c1-4-18(16-7-5-6-8-16)12-15-11-14(13(2)3)9-10-17(15)19/h13-16H,4-12H2,1-3H3. The molecule has 0 heterocycles. The fourth-order valence-electron chi connectivity index (χ4n) is 4.02. The van der Waals surface area contributed by atoms with Gasteiger partial charge in [-0.1, -0.05) is 33.6 Å². The normalized spacial score (nSPS) is 29.6. The molecule has 2 aliphatic carbocycles. The average molecular weight is 265 g/mol. The number of hydrogen-bond acceptors (Lipinski definition) is 2. The second-order valence-electron chi connectivity index (χ2n) is 6.97. The summed E-state index contributed by atoms with van der Waals surface area (Å²) in [5, 5.41) is 0. The maximum absolute atomic E-state index is 12.2. The van der Waals surface area contributed by atoms with Crippen LogP contribution in [0.25, 0.3) is 0 Å². The maximum atomic E-state index is 12.2. The molecule has 2 fully saturated rings. The van der Waals surface area contributed by atoms with Crippen molar-refractivity contribution >= 4 is 5.78 Å². The average Bonchev–Trinajstić information content (AvgIpc) is 2.91. The van der Waals surface area contributed by atoms with Crippen molar-refractivity contribution in [1.29, 1.82) is 0 Å². The van der Waals surface area contributed by atoms with Crippen molar-refractivity contribution in [1.82, 2.24) is 4.90 Å². The quantitative estimate of drug-likeness (QED) is 0.751. The van der Waals surface area contributed by atoms with Gasteiger partial charge in [0.05, 0.1) is 0 Å². The number of carbonyl (C=O) groups excluding carboxylic acids is 1. The first-order valence-electron chi connectivity index (χ1n) is 8.38. The molecule has 0 aromatic rings. The van der Waals surface area contributed by atoms with E-state index in [1.54, 1.807) is 0 Å². The first-order chi connectivity index (χ1) is 9.11. The van der Waals surface area contributed by atoms with Crippen molar-refractivity contribution in [2.75, 3.05) is 13.1 Å². The lowest BCUT2D eigenvalue weighted by molar-refractivity contribution is -0.126. The lowest BCUT2D eigenvalue weighted by Crippen LogP contribution is -2.41. The molecule has 0 spiro atoms. The van der Waals surface area contributed by atoms with Crippen LogP contribution in [0.2, 0.25) is 0 Å². The second kappa shape index (κ2) is 6.88.